The quantitative estimate of drug-likeness (QED) is 0.0173. The number of allylic oxidation sites excluding steroid dienone is 5. The first-order chi connectivity index (χ1) is 30.9. The lowest BCUT2D eigenvalue weighted by atomic mass is 9.99. The van der Waals surface area contributed by atoms with Gasteiger partial charge in [0.25, 0.3) is 0 Å². The Balaban J connectivity index is 2.50. The summed E-state index contributed by atoms with van der Waals surface area (Å²) in [5, 5.41) is 55.3. The molecule has 64 heavy (non-hydrogen) atoms. The SMILES string of the molecule is CC/C=C\C/C=C\CCCCCCCCCCCCCCCC(O)C(=O)NC(COC1OC(CO)C(O)C(OS(=O)(=O)O)C1O)C(O)/C=C/CCCCCCCCCCCCCCC. The first kappa shape index (κ1) is 60.3. The molecule has 13 nitrogen and oxygen atoms in total. The second-order valence-electron chi connectivity index (χ2n) is 17.9. The molecule has 1 fully saturated rings. The van der Waals surface area contributed by atoms with Gasteiger partial charge in [0.15, 0.2) is 6.29 Å². The minimum Gasteiger partial charge on any atom is -0.394 e. The molecule has 0 bridgehead atoms. The van der Waals surface area contributed by atoms with Gasteiger partial charge in [-0.15, -0.1) is 0 Å². The summed E-state index contributed by atoms with van der Waals surface area (Å²) < 4.78 is 47.6. The van der Waals surface area contributed by atoms with Crippen LogP contribution in [0.25, 0.3) is 0 Å². The lowest BCUT2D eigenvalue weighted by Gasteiger charge is -2.41. The summed E-state index contributed by atoms with van der Waals surface area (Å²) in [6, 6.07) is -1.12. The fraction of sp³-hybridized carbons (Fsp3) is 0.860. The minimum atomic E-state index is -5.12. The van der Waals surface area contributed by atoms with Crippen LogP contribution < -0.4 is 5.32 Å². The largest absolute Gasteiger partial charge is 0.397 e. The molecule has 14 heteroatoms. The molecule has 8 atom stereocenters. The van der Waals surface area contributed by atoms with E-state index in [0.29, 0.717) is 12.8 Å². The second-order valence-corrected chi connectivity index (χ2v) is 18.9. The van der Waals surface area contributed by atoms with Crippen LogP contribution >= 0.6 is 0 Å². The molecule has 1 heterocycles. The number of ether oxygens (including phenoxy) is 2. The summed E-state index contributed by atoms with van der Waals surface area (Å²) in [6.07, 6.45) is 36.5. The number of carbonyl (C=O) groups excluding carboxylic acids is 1. The second kappa shape index (κ2) is 40.4. The lowest BCUT2D eigenvalue weighted by molar-refractivity contribution is -0.298. The van der Waals surface area contributed by atoms with Gasteiger partial charge in [0.05, 0.1) is 25.4 Å². The Hall–Kier alpha value is -1.72. The summed E-state index contributed by atoms with van der Waals surface area (Å²) in [5.41, 5.74) is 0. The molecule has 0 saturated carbocycles. The summed E-state index contributed by atoms with van der Waals surface area (Å²) in [7, 11) is -5.12. The molecule has 0 spiro atoms. The maximum absolute atomic E-state index is 13.2. The number of hydrogen-bond acceptors (Lipinski definition) is 11. The van der Waals surface area contributed by atoms with Gasteiger partial charge in [-0.3, -0.25) is 9.35 Å². The Bertz CT molecular complexity index is 1300. The zero-order valence-electron chi connectivity index (χ0n) is 40.0. The van der Waals surface area contributed by atoms with E-state index in [1.165, 1.54) is 128 Å². The zero-order chi connectivity index (χ0) is 47.1. The van der Waals surface area contributed by atoms with Crippen molar-refractivity contribution in [2.75, 3.05) is 13.2 Å². The number of unbranched alkanes of at least 4 members (excludes halogenated alkanes) is 26. The van der Waals surface area contributed by atoms with Gasteiger partial charge in [-0.25, -0.2) is 4.18 Å². The first-order valence-corrected chi connectivity index (χ1v) is 26.8. The Morgan fingerprint density at radius 3 is 1.61 bits per heavy atom. The fourth-order valence-electron chi connectivity index (χ4n) is 8.03. The standard InChI is InChI=1S/C50H93NO12S/c1-3-5-7-9-11-13-15-17-19-20-21-22-23-25-27-29-31-33-35-37-39-44(54)49(57)51-42(41-61-50-47(56)48(63-64(58,59)60)46(55)45(40-52)62-50)43(53)38-36-34-32-30-28-26-24-18-16-14-12-10-8-6-4-2/h5,7,11,13,36,38,42-48,50,52-56H,3-4,6,8-10,12,14-35,37,39-41H2,1-2H3,(H,51,57)(H,58,59,60)/b7-5-,13-11-,38-36+. The number of aliphatic hydroxyl groups is 5. The van der Waals surface area contributed by atoms with E-state index >= 15 is 0 Å². The van der Waals surface area contributed by atoms with Crippen molar-refractivity contribution in [2.24, 2.45) is 0 Å². The zero-order valence-corrected chi connectivity index (χ0v) is 40.8. The number of amides is 1. The van der Waals surface area contributed by atoms with Gasteiger partial charge in [-0.05, 0) is 44.9 Å². The van der Waals surface area contributed by atoms with Crippen LogP contribution in [0.3, 0.4) is 0 Å². The van der Waals surface area contributed by atoms with Crippen molar-refractivity contribution in [1.29, 1.82) is 0 Å². The van der Waals surface area contributed by atoms with Gasteiger partial charge in [0.2, 0.25) is 5.91 Å². The summed E-state index contributed by atoms with van der Waals surface area (Å²) >= 11 is 0. The fourth-order valence-corrected chi connectivity index (χ4v) is 8.54. The summed E-state index contributed by atoms with van der Waals surface area (Å²) in [4.78, 5) is 13.2. The summed E-state index contributed by atoms with van der Waals surface area (Å²) in [5.74, 6) is -0.703. The van der Waals surface area contributed by atoms with Gasteiger partial charge in [0, 0.05) is 0 Å². The lowest BCUT2D eigenvalue weighted by Crippen LogP contribution is -2.61. The predicted molar refractivity (Wildman–Crippen MR) is 256 cm³/mol. The van der Waals surface area contributed by atoms with Crippen molar-refractivity contribution in [3.05, 3.63) is 36.5 Å². The van der Waals surface area contributed by atoms with Crippen molar-refractivity contribution < 1.29 is 57.0 Å². The molecule has 0 aromatic heterocycles. The van der Waals surface area contributed by atoms with E-state index in [9.17, 15) is 43.3 Å². The molecule has 0 aromatic carbocycles. The molecular weight excluding hydrogens is 839 g/mol. The van der Waals surface area contributed by atoms with Crippen LogP contribution in [0.2, 0.25) is 0 Å². The van der Waals surface area contributed by atoms with Gasteiger partial charge in [0.1, 0.15) is 30.5 Å². The van der Waals surface area contributed by atoms with Gasteiger partial charge < -0.3 is 40.3 Å². The van der Waals surface area contributed by atoms with Crippen LogP contribution in [0.15, 0.2) is 36.5 Å². The van der Waals surface area contributed by atoms with E-state index in [2.05, 4.69) is 47.7 Å². The van der Waals surface area contributed by atoms with E-state index in [4.69, 9.17) is 9.47 Å². The van der Waals surface area contributed by atoms with E-state index in [-0.39, 0.29) is 6.42 Å². The smallest absolute Gasteiger partial charge is 0.394 e. The molecular formula is C50H93NO12S. The number of carbonyl (C=O) groups is 1. The molecule has 1 aliphatic rings. The molecule has 0 radical (unpaired) electrons. The average molecular weight is 932 g/mol. The number of hydrogen-bond donors (Lipinski definition) is 7. The van der Waals surface area contributed by atoms with Gasteiger partial charge in [-0.2, -0.15) is 8.42 Å². The Kier molecular flexibility index (Phi) is 38.0. The Morgan fingerprint density at radius 1 is 0.656 bits per heavy atom. The van der Waals surface area contributed by atoms with Crippen molar-refractivity contribution in [2.45, 2.75) is 262 Å². The average Bonchev–Trinajstić information content (AvgIpc) is 3.27. The summed E-state index contributed by atoms with van der Waals surface area (Å²) in [6.45, 7) is 3.13. The molecule has 8 unspecified atom stereocenters. The number of aliphatic hydroxyl groups excluding tert-OH is 5. The molecule has 7 N–H and O–H groups in total. The van der Waals surface area contributed by atoms with E-state index in [1.807, 2.05) is 6.08 Å². The molecule has 376 valence electrons. The van der Waals surface area contributed by atoms with Gasteiger partial charge >= 0.3 is 10.4 Å². The topological polar surface area (TPSA) is 212 Å². The van der Waals surface area contributed by atoms with Crippen LogP contribution in [0, 0.1) is 0 Å². The van der Waals surface area contributed by atoms with Crippen LogP contribution in [0.4, 0.5) is 0 Å². The molecule has 1 amide bonds. The normalized spacial score (nSPS) is 21.0. The maximum Gasteiger partial charge on any atom is 0.397 e. The van der Waals surface area contributed by atoms with Crippen LogP contribution in [-0.2, 0) is 28.9 Å². The van der Waals surface area contributed by atoms with Crippen molar-refractivity contribution in [3.63, 3.8) is 0 Å². The molecule has 0 aliphatic carbocycles. The highest BCUT2D eigenvalue weighted by Gasteiger charge is 2.48. The van der Waals surface area contributed by atoms with Crippen molar-refractivity contribution in [1.82, 2.24) is 5.32 Å². The van der Waals surface area contributed by atoms with E-state index in [0.717, 1.165) is 51.4 Å². The molecule has 1 saturated heterocycles. The maximum atomic E-state index is 13.2. The monoisotopic (exact) mass is 932 g/mol. The Morgan fingerprint density at radius 2 is 1.12 bits per heavy atom. The molecule has 0 aromatic rings. The molecule has 1 rings (SSSR count). The third-order valence-electron chi connectivity index (χ3n) is 12.0. The Labute approximate surface area is 388 Å². The van der Waals surface area contributed by atoms with Crippen molar-refractivity contribution >= 4 is 16.3 Å². The number of nitrogens with one attached hydrogen (secondary N) is 1. The molecule has 1 aliphatic heterocycles. The minimum absolute atomic E-state index is 0.242. The predicted octanol–water partition coefficient (Wildman–Crippen LogP) is 9.64. The van der Waals surface area contributed by atoms with E-state index < -0.39 is 78.5 Å². The van der Waals surface area contributed by atoms with Crippen molar-refractivity contribution in [3.8, 4) is 0 Å². The highest BCUT2D eigenvalue weighted by molar-refractivity contribution is 7.80. The highest BCUT2D eigenvalue weighted by Crippen LogP contribution is 2.26. The van der Waals surface area contributed by atoms with Crippen LogP contribution in [-0.4, -0.2) is 107 Å². The highest BCUT2D eigenvalue weighted by atomic mass is 32.3. The third-order valence-corrected chi connectivity index (χ3v) is 12.5. The first-order valence-electron chi connectivity index (χ1n) is 25.5. The van der Waals surface area contributed by atoms with E-state index in [1.54, 1.807) is 6.08 Å². The van der Waals surface area contributed by atoms with Crippen LogP contribution in [0.5, 0.6) is 0 Å². The third kappa shape index (κ3) is 32.1. The van der Waals surface area contributed by atoms with Gasteiger partial charge in [-0.1, -0.05) is 204 Å². The van der Waals surface area contributed by atoms with Crippen LogP contribution in [0.1, 0.15) is 213 Å². The number of rotatable bonds is 43.